The van der Waals surface area contributed by atoms with Crippen molar-refractivity contribution in [3.63, 3.8) is 0 Å². The van der Waals surface area contributed by atoms with Crippen LogP contribution in [-0.4, -0.2) is 35.2 Å². The van der Waals surface area contributed by atoms with E-state index in [4.69, 9.17) is 4.74 Å². The zero-order valence-corrected chi connectivity index (χ0v) is 14.2. The third-order valence-electron chi connectivity index (χ3n) is 3.38. The number of anilines is 1. The molecule has 6 heteroatoms. The fourth-order valence-electron chi connectivity index (χ4n) is 2.12. The van der Waals surface area contributed by atoms with E-state index in [9.17, 15) is 8.42 Å². The minimum atomic E-state index is -3.50. The van der Waals surface area contributed by atoms with Crippen molar-refractivity contribution >= 4 is 15.7 Å². The van der Waals surface area contributed by atoms with Gasteiger partial charge in [-0.25, -0.2) is 13.1 Å². The van der Waals surface area contributed by atoms with Gasteiger partial charge in [0.2, 0.25) is 10.0 Å². The number of nitrogens with one attached hydrogen (secondary N) is 1. The summed E-state index contributed by atoms with van der Waals surface area (Å²) in [5, 5.41) is 0. The summed E-state index contributed by atoms with van der Waals surface area (Å²) in [6.07, 6.45) is 0. The van der Waals surface area contributed by atoms with E-state index in [-0.39, 0.29) is 4.90 Å². The highest BCUT2D eigenvalue weighted by Gasteiger charge is 2.13. The summed E-state index contributed by atoms with van der Waals surface area (Å²) in [7, 11) is -1.57. The first-order valence-electron chi connectivity index (χ1n) is 7.51. The van der Waals surface area contributed by atoms with Crippen LogP contribution in [0.4, 0.5) is 5.69 Å². The van der Waals surface area contributed by atoms with Gasteiger partial charge in [-0.05, 0) is 43.3 Å². The number of benzene rings is 2. The van der Waals surface area contributed by atoms with E-state index in [1.807, 2.05) is 49.2 Å². The Kier molecular flexibility index (Phi) is 6.01. The molecule has 0 saturated carbocycles. The lowest BCUT2D eigenvalue weighted by Crippen LogP contribution is -2.33. The fraction of sp³-hybridized carbons (Fsp3) is 0.294. The molecule has 0 spiro atoms. The van der Waals surface area contributed by atoms with E-state index in [1.165, 1.54) is 0 Å². The first-order valence-corrected chi connectivity index (χ1v) is 9.00. The summed E-state index contributed by atoms with van der Waals surface area (Å²) in [6.45, 7) is 3.35. The molecule has 2 aromatic rings. The second-order valence-electron chi connectivity index (χ2n) is 5.06. The van der Waals surface area contributed by atoms with Crippen molar-refractivity contribution in [1.82, 2.24) is 4.72 Å². The molecule has 0 bridgehead atoms. The Hall–Kier alpha value is -2.05. The highest BCUT2D eigenvalue weighted by Crippen LogP contribution is 2.16. The highest BCUT2D eigenvalue weighted by atomic mass is 32.2. The number of hydrogen-bond donors (Lipinski definition) is 1. The van der Waals surface area contributed by atoms with Crippen LogP contribution in [0, 0.1) is 0 Å². The van der Waals surface area contributed by atoms with Crippen LogP contribution in [0.25, 0.3) is 0 Å². The first kappa shape index (κ1) is 17.3. The van der Waals surface area contributed by atoms with E-state index in [1.54, 1.807) is 24.3 Å². The molecule has 0 fully saturated rings. The number of ether oxygens (including phenoxy) is 1. The fourth-order valence-corrected chi connectivity index (χ4v) is 3.15. The third-order valence-corrected chi connectivity index (χ3v) is 4.86. The molecule has 0 heterocycles. The summed E-state index contributed by atoms with van der Waals surface area (Å²) in [6, 6.07) is 16.3. The van der Waals surface area contributed by atoms with E-state index in [0.717, 1.165) is 5.69 Å². The molecule has 0 amide bonds. The largest absolute Gasteiger partial charge is 0.494 e. The second-order valence-corrected chi connectivity index (χ2v) is 6.83. The van der Waals surface area contributed by atoms with Gasteiger partial charge in [-0.15, -0.1) is 0 Å². The van der Waals surface area contributed by atoms with Crippen molar-refractivity contribution in [3.8, 4) is 5.75 Å². The van der Waals surface area contributed by atoms with Gasteiger partial charge in [-0.3, -0.25) is 0 Å². The second kappa shape index (κ2) is 7.99. The Morgan fingerprint density at radius 3 is 2.30 bits per heavy atom. The van der Waals surface area contributed by atoms with E-state index in [2.05, 4.69) is 4.72 Å². The maximum absolute atomic E-state index is 12.2. The van der Waals surface area contributed by atoms with Gasteiger partial charge in [0, 0.05) is 25.8 Å². The van der Waals surface area contributed by atoms with Crippen LogP contribution in [0.3, 0.4) is 0 Å². The lowest BCUT2D eigenvalue weighted by Gasteiger charge is -2.19. The number of para-hydroxylation sites is 1. The van der Waals surface area contributed by atoms with Crippen LogP contribution in [0.1, 0.15) is 6.92 Å². The van der Waals surface area contributed by atoms with Crippen LogP contribution in [0.15, 0.2) is 59.5 Å². The SMILES string of the molecule is CCOc1ccc(S(=O)(=O)NCCN(C)c2ccccc2)cc1. The Balaban J connectivity index is 1.91. The lowest BCUT2D eigenvalue weighted by atomic mass is 10.3. The van der Waals surface area contributed by atoms with Gasteiger partial charge in [0.15, 0.2) is 0 Å². The Morgan fingerprint density at radius 1 is 1.04 bits per heavy atom. The topological polar surface area (TPSA) is 58.6 Å². The van der Waals surface area contributed by atoms with Gasteiger partial charge >= 0.3 is 0 Å². The average Bonchev–Trinajstić information content (AvgIpc) is 2.56. The van der Waals surface area contributed by atoms with Gasteiger partial charge in [-0.1, -0.05) is 18.2 Å². The molecule has 0 aliphatic carbocycles. The zero-order valence-electron chi connectivity index (χ0n) is 13.4. The molecule has 0 aliphatic heterocycles. The number of sulfonamides is 1. The van der Waals surface area contributed by atoms with Crippen molar-refractivity contribution in [2.24, 2.45) is 0 Å². The van der Waals surface area contributed by atoms with Crippen molar-refractivity contribution < 1.29 is 13.2 Å². The molecule has 0 radical (unpaired) electrons. The molecular formula is C17H22N2O3S. The van der Waals surface area contributed by atoms with Crippen molar-refractivity contribution in [1.29, 1.82) is 0 Å². The summed E-state index contributed by atoms with van der Waals surface area (Å²) in [5.74, 6) is 0.662. The Morgan fingerprint density at radius 2 is 1.70 bits per heavy atom. The summed E-state index contributed by atoms with van der Waals surface area (Å²) in [4.78, 5) is 2.24. The molecule has 0 atom stereocenters. The van der Waals surface area contributed by atoms with Crippen LogP contribution >= 0.6 is 0 Å². The van der Waals surface area contributed by atoms with Crippen molar-refractivity contribution in [3.05, 3.63) is 54.6 Å². The van der Waals surface area contributed by atoms with Crippen LogP contribution in [0.5, 0.6) is 5.75 Å². The van der Waals surface area contributed by atoms with Crippen LogP contribution in [0.2, 0.25) is 0 Å². The molecule has 1 N–H and O–H groups in total. The van der Waals surface area contributed by atoms with E-state index >= 15 is 0 Å². The van der Waals surface area contributed by atoms with Crippen LogP contribution < -0.4 is 14.4 Å². The standard InChI is InChI=1S/C17H22N2O3S/c1-3-22-16-9-11-17(12-10-16)23(20,21)18-13-14-19(2)15-7-5-4-6-8-15/h4-12,18H,3,13-14H2,1-2H3. The third kappa shape index (κ3) is 4.97. The molecule has 2 aromatic carbocycles. The molecule has 0 saturated heterocycles. The molecule has 2 rings (SSSR count). The predicted molar refractivity (Wildman–Crippen MR) is 92.5 cm³/mol. The Labute approximate surface area is 137 Å². The van der Waals surface area contributed by atoms with Gasteiger partial charge in [0.25, 0.3) is 0 Å². The van der Waals surface area contributed by atoms with Crippen molar-refractivity contribution in [2.75, 3.05) is 31.6 Å². The maximum atomic E-state index is 12.2. The average molecular weight is 334 g/mol. The minimum absolute atomic E-state index is 0.239. The predicted octanol–water partition coefficient (Wildman–Crippen LogP) is 2.50. The molecule has 0 aromatic heterocycles. The van der Waals surface area contributed by atoms with Gasteiger partial charge in [-0.2, -0.15) is 0 Å². The van der Waals surface area contributed by atoms with Crippen LogP contribution in [-0.2, 0) is 10.0 Å². The van der Waals surface area contributed by atoms with Gasteiger partial charge in [0.05, 0.1) is 11.5 Å². The maximum Gasteiger partial charge on any atom is 0.240 e. The number of hydrogen-bond acceptors (Lipinski definition) is 4. The van der Waals surface area contributed by atoms with E-state index < -0.39 is 10.0 Å². The smallest absolute Gasteiger partial charge is 0.240 e. The zero-order chi connectivity index (χ0) is 16.7. The quantitative estimate of drug-likeness (QED) is 0.806. The van der Waals surface area contributed by atoms with Gasteiger partial charge < -0.3 is 9.64 Å². The summed E-state index contributed by atoms with van der Waals surface area (Å²) >= 11 is 0. The molecule has 23 heavy (non-hydrogen) atoms. The monoisotopic (exact) mass is 334 g/mol. The molecular weight excluding hydrogens is 312 g/mol. The van der Waals surface area contributed by atoms with Crippen molar-refractivity contribution in [2.45, 2.75) is 11.8 Å². The highest BCUT2D eigenvalue weighted by molar-refractivity contribution is 7.89. The number of nitrogens with zero attached hydrogens (tertiary/aromatic N) is 1. The number of rotatable bonds is 8. The first-order chi connectivity index (χ1) is 11.0. The van der Waals surface area contributed by atoms with Gasteiger partial charge in [0.1, 0.15) is 5.75 Å². The number of likely N-dealkylation sites (N-methyl/N-ethyl adjacent to an activating group) is 1. The summed E-state index contributed by atoms with van der Waals surface area (Å²) in [5.41, 5.74) is 1.05. The van der Waals surface area contributed by atoms with E-state index in [0.29, 0.717) is 25.4 Å². The molecule has 0 unspecified atom stereocenters. The Bertz CT molecular complexity index is 700. The molecule has 124 valence electrons. The molecule has 0 aliphatic rings. The molecule has 5 nitrogen and oxygen atoms in total. The minimum Gasteiger partial charge on any atom is -0.494 e. The lowest BCUT2D eigenvalue weighted by molar-refractivity contribution is 0.340. The summed E-state index contributed by atoms with van der Waals surface area (Å²) < 4.78 is 32.4. The normalized spacial score (nSPS) is 11.2.